The molecule has 1 aliphatic carbocycles. The van der Waals surface area contributed by atoms with Crippen LogP contribution in [0.4, 0.5) is 0 Å². The van der Waals surface area contributed by atoms with Crippen LogP contribution in [-0.4, -0.2) is 38.6 Å². The Morgan fingerprint density at radius 3 is 2.62 bits per heavy atom. The van der Waals surface area contributed by atoms with Crippen LogP contribution >= 0.6 is 0 Å². The van der Waals surface area contributed by atoms with Crippen molar-refractivity contribution in [2.24, 2.45) is 5.41 Å². The van der Waals surface area contributed by atoms with Crippen molar-refractivity contribution in [3.63, 3.8) is 0 Å². The molecular weight excluding hydrogens is 210 g/mol. The third-order valence-electron chi connectivity index (χ3n) is 2.44. The maximum absolute atomic E-state index is 11.5. The molecule has 0 aliphatic heterocycles. The van der Waals surface area contributed by atoms with E-state index < -0.39 is 5.41 Å². The Hall–Kier alpha value is -1.61. The van der Waals surface area contributed by atoms with Gasteiger partial charge in [-0.05, 0) is 12.8 Å². The highest BCUT2D eigenvalue weighted by atomic mass is 16.5. The van der Waals surface area contributed by atoms with Crippen LogP contribution in [0.3, 0.4) is 0 Å². The molecule has 16 heavy (non-hydrogen) atoms. The van der Waals surface area contributed by atoms with Gasteiger partial charge in [0.05, 0.1) is 19.2 Å². The van der Waals surface area contributed by atoms with Crippen LogP contribution in [-0.2, 0) is 14.3 Å². The van der Waals surface area contributed by atoms with Crippen LogP contribution in [0.2, 0.25) is 0 Å². The summed E-state index contributed by atoms with van der Waals surface area (Å²) in [5, 5.41) is 13.8. The second-order valence-electron chi connectivity index (χ2n) is 3.72. The fourth-order valence-electron chi connectivity index (χ4n) is 1.20. The lowest BCUT2D eigenvalue weighted by molar-refractivity contribution is -0.128. The highest BCUT2D eigenvalue weighted by Crippen LogP contribution is 2.44. The Balaban J connectivity index is 2.17. The van der Waals surface area contributed by atoms with Crippen LogP contribution in [0.25, 0.3) is 0 Å². The van der Waals surface area contributed by atoms with Crippen LogP contribution in [0.1, 0.15) is 12.8 Å². The number of carbonyl (C=O) groups excluding carboxylic acids is 2. The van der Waals surface area contributed by atoms with Gasteiger partial charge in [0.25, 0.3) is 0 Å². The molecule has 1 fully saturated rings. The van der Waals surface area contributed by atoms with Crippen molar-refractivity contribution in [1.29, 1.82) is 5.26 Å². The van der Waals surface area contributed by atoms with E-state index in [0.717, 1.165) is 0 Å². The Kier molecular flexibility index (Phi) is 4.26. The lowest BCUT2D eigenvalue weighted by atomic mass is 10.1. The van der Waals surface area contributed by atoms with Gasteiger partial charge in [0, 0.05) is 13.7 Å². The molecule has 88 valence electrons. The van der Waals surface area contributed by atoms with E-state index in [-0.39, 0.29) is 18.4 Å². The number of hydrogen-bond donors (Lipinski definition) is 2. The topological polar surface area (TPSA) is 91.2 Å². The molecule has 6 nitrogen and oxygen atoms in total. The molecule has 0 atom stereocenters. The van der Waals surface area contributed by atoms with Crippen molar-refractivity contribution in [3.8, 4) is 6.07 Å². The fourth-order valence-corrected chi connectivity index (χ4v) is 1.20. The Labute approximate surface area is 93.9 Å². The van der Waals surface area contributed by atoms with Crippen molar-refractivity contribution < 1.29 is 14.3 Å². The first-order valence-electron chi connectivity index (χ1n) is 5.10. The smallest absolute Gasteiger partial charge is 0.240 e. The van der Waals surface area contributed by atoms with Gasteiger partial charge in [-0.1, -0.05) is 0 Å². The monoisotopic (exact) mass is 225 g/mol. The first-order chi connectivity index (χ1) is 7.64. The predicted octanol–water partition coefficient (Wildman–Crippen LogP) is -0.831. The zero-order valence-corrected chi connectivity index (χ0v) is 9.21. The summed E-state index contributed by atoms with van der Waals surface area (Å²) in [7, 11) is 1.54. The van der Waals surface area contributed by atoms with E-state index in [1.807, 2.05) is 6.07 Å². The van der Waals surface area contributed by atoms with E-state index in [1.54, 1.807) is 0 Å². The number of hydrogen-bond acceptors (Lipinski definition) is 4. The van der Waals surface area contributed by atoms with E-state index in [9.17, 15) is 9.59 Å². The Morgan fingerprint density at radius 2 is 2.12 bits per heavy atom. The van der Waals surface area contributed by atoms with E-state index >= 15 is 0 Å². The SMILES string of the molecule is COCCNC(=O)CNC(=O)C1(C#N)CC1. The third kappa shape index (κ3) is 3.21. The average molecular weight is 225 g/mol. The van der Waals surface area contributed by atoms with Gasteiger partial charge in [-0.15, -0.1) is 0 Å². The molecule has 0 aromatic carbocycles. The van der Waals surface area contributed by atoms with Gasteiger partial charge in [-0.25, -0.2) is 0 Å². The van der Waals surface area contributed by atoms with Crippen molar-refractivity contribution >= 4 is 11.8 Å². The van der Waals surface area contributed by atoms with Gasteiger partial charge in [0.1, 0.15) is 5.41 Å². The minimum atomic E-state index is -0.868. The molecule has 1 aliphatic rings. The molecule has 0 aromatic heterocycles. The largest absolute Gasteiger partial charge is 0.383 e. The molecule has 0 aromatic rings. The average Bonchev–Trinajstić information content (AvgIpc) is 3.07. The van der Waals surface area contributed by atoms with Crippen LogP contribution in [0, 0.1) is 16.7 Å². The van der Waals surface area contributed by atoms with Gasteiger partial charge >= 0.3 is 0 Å². The van der Waals surface area contributed by atoms with Crippen LogP contribution < -0.4 is 10.6 Å². The second kappa shape index (κ2) is 5.47. The van der Waals surface area contributed by atoms with Crippen molar-refractivity contribution in [2.75, 3.05) is 26.8 Å². The van der Waals surface area contributed by atoms with Crippen molar-refractivity contribution in [1.82, 2.24) is 10.6 Å². The molecule has 0 unspecified atom stereocenters. The summed E-state index contributed by atoms with van der Waals surface area (Å²) < 4.78 is 4.75. The maximum atomic E-state index is 11.5. The molecule has 1 saturated carbocycles. The summed E-state index contributed by atoms with van der Waals surface area (Å²) in [4.78, 5) is 22.6. The number of methoxy groups -OCH3 is 1. The lowest BCUT2D eigenvalue weighted by Crippen LogP contribution is -2.40. The summed E-state index contributed by atoms with van der Waals surface area (Å²) in [6, 6.07) is 1.96. The van der Waals surface area contributed by atoms with Gasteiger partial charge in [0.15, 0.2) is 0 Å². The quantitative estimate of drug-likeness (QED) is 0.577. The van der Waals surface area contributed by atoms with E-state index in [1.165, 1.54) is 7.11 Å². The first-order valence-corrected chi connectivity index (χ1v) is 5.10. The molecule has 2 amide bonds. The van der Waals surface area contributed by atoms with Crippen LogP contribution in [0.15, 0.2) is 0 Å². The molecule has 0 spiro atoms. The van der Waals surface area contributed by atoms with Gasteiger partial charge in [-0.3, -0.25) is 9.59 Å². The fraction of sp³-hybridized carbons (Fsp3) is 0.700. The van der Waals surface area contributed by atoms with E-state index in [4.69, 9.17) is 10.00 Å². The molecule has 1 rings (SSSR count). The summed E-state index contributed by atoms with van der Waals surface area (Å²) in [6.07, 6.45) is 1.17. The molecule has 0 heterocycles. The minimum Gasteiger partial charge on any atom is -0.383 e. The molecule has 2 N–H and O–H groups in total. The summed E-state index contributed by atoms with van der Waals surface area (Å²) >= 11 is 0. The standard InChI is InChI=1S/C10H15N3O3/c1-16-5-4-12-8(14)6-13-9(15)10(7-11)2-3-10/h2-6H2,1H3,(H,12,14)(H,13,15). The highest BCUT2D eigenvalue weighted by Gasteiger charge is 2.50. The third-order valence-corrected chi connectivity index (χ3v) is 2.44. The molecule has 0 radical (unpaired) electrons. The number of amides is 2. The summed E-state index contributed by atoms with van der Waals surface area (Å²) in [5.74, 6) is -0.629. The number of nitrogens with zero attached hydrogens (tertiary/aromatic N) is 1. The molecule has 0 saturated heterocycles. The maximum Gasteiger partial charge on any atom is 0.240 e. The van der Waals surface area contributed by atoms with Crippen LogP contribution in [0.5, 0.6) is 0 Å². The number of nitrogens with one attached hydrogen (secondary N) is 2. The number of carbonyl (C=O) groups is 2. The van der Waals surface area contributed by atoms with Gasteiger partial charge < -0.3 is 15.4 Å². The predicted molar refractivity (Wildman–Crippen MR) is 55.2 cm³/mol. The highest BCUT2D eigenvalue weighted by molar-refractivity contribution is 5.91. The van der Waals surface area contributed by atoms with Gasteiger partial charge in [0.2, 0.25) is 11.8 Å². The lowest BCUT2D eigenvalue weighted by Gasteiger charge is -2.08. The number of ether oxygens (including phenoxy) is 1. The summed E-state index contributed by atoms with van der Waals surface area (Å²) in [5.41, 5.74) is -0.868. The normalized spacial score (nSPS) is 16.0. The molecule has 6 heteroatoms. The summed E-state index contributed by atoms with van der Waals surface area (Å²) in [6.45, 7) is 0.752. The number of rotatable bonds is 6. The van der Waals surface area contributed by atoms with Gasteiger partial charge in [-0.2, -0.15) is 5.26 Å². The minimum absolute atomic E-state index is 0.0913. The van der Waals surface area contributed by atoms with E-state index in [0.29, 0.717) is 26.0 Å². The van der Waals surface area contributed by atoms with Crippen molar-refractivity contribution in [2.45, 2.75) is 12.8 Å². The zero-order chi connectivity index (χ0) is 12.0. The Morgan fingerprint density at radius 1 is 1.44 bits per heavy atom. The van der Waals surface area contributed by atoms with Crippen molar-refractivity contribution in [3.05, 3.63) is 0 Å². The molecule has 0 bridgehead atoms. The second-order valence-corrected chi connectivity index (χ2v) is 3.72. The zero-order valence-electron chi connectivity index (χ0n) is 9.21. The molecular formula is C10H15N3O3. The first kappa shape index (κ1) is 12.5. The van der Waals surface area contributed by atoms with E-state index in [2.05, 4.69) is 10.6 Å². The number of nitriles is 1. The Bertz CT molecular complexity index is 318.